The molecule has 0 amide bonds. The van der Waals surface area contributed by atoms with Gasteiger partial charge in [0.1, 0.15) is 5.82 Å². The fourth-order valence-electron chi connectivity index (χ4n) is 3.69. The van der Waals surface area contributed by atoms with Crippen LogP contribution in [-0.2, 0) is 0 Å². The highest BCUT2D eigenvalue weighted by Crippen LogP contribution is 2.27. The van der Waals surface area contributed by atoms with E-state index in [1.54, 1.807) is 10.9 Å². The normalized spacial score (nSPS) is 11.1. The second-order valence-electron chi connectivity index (χ2n) is 7.09. The molecule has 0 saturated carbocycles. The zero-order valence-corrected chi connectivity index (χ0v) is 16.4. The standard InChI is InChI=1S/C25H21N5/c1-3-10-19(11-4-1)22(20-12-5-2-6-13-20)18-26-24-21-14-7-8-15-23(21)28-25(29-24)30-17-9-16-27-30/h1-17,22H,18H2,(H,26,28,29). The fourth-order valence-corrected chi connectivity index (χ4v) is 3.69. The highest BCUT2D eigenvalue weighted by molar-refractivity contribution is 5.89. The molecule has 146 valence electrons. The summed E-state index contributed by atoms with van der Waals surface area (Å²) in [5, 5.41) is 8.88. The number of fused-ring (bicyclic) bond motifs is 1. The number of nitrogens with one attached hydrogen (secondary N) is 1. The summed E-state index contributed by atoms with van der Waals surface area (Å²) < 4.78 is 1.68. The van der Waals surface area contributed by atoms with Crippen molar-refractivity contribution in [2.75, 3.05) is 11.9 Å². The molecule has 0 fully saturated rings. The topological polar surface area (TPSA) is 55.6 Å². The smallest absolute Gasteiger partial charge is 0.253 e. The molecule has 0 aliphatic heterocycles. The van der Waals surface area contributed by atoms with Gasteiger partial charge >= 0.3 is 0 Å². The summed E-state index contributed by atoms with van der Waals surface area (Å²) in [5.41, 5.74) is 3.42. The molecule has 0 aliphatic carbocycles. The van der Waals surface area contributed by atoms with Crippen LogP contribution in [0, 0.1) is 0 Å². The van der Waals surface area contributed by atoms with Crippen LogP contribution >= 0.6 is 0 Å². The maximum absolute atomic E-state index is 4.78. The Kier molecular flexibility index (Phi) is 4.92. The fraction of sp³-hybridized carbons (Fsp3) is 0.0800. The lowest BCUT2D eigenvalue weighted by molar-refractivity contribution is 0.809. The average molecular weight is 391 g/mol. The van der Waals surface area contributed by atoms with Gasteiger partial charge < -0.3 is 5.32 Å². The number of aromatic nitrogens is 4. The Morgan fingerprint density at radius 2 is 1.40 bits per heavy atom. The zero-order chi connectivity index (χ0) is 20.2. The molecule has 5 aromatic rings. The van der Waals surface area contributed by atoms with Gasteiger partial charge in [-0.15, -0.1) is 0 Å². The van der Waals surface area contributed by atoms with E-state index in [2.05, 4.69) is 63.9 Å². The predicted octanol–water partition coefficient (Wildman–Crippen LogP) is 5.06. The van der Waals surface area contributed by atoms with Crippen molar-refractivity contribution in [2.45, 2.75) is 5.92 Å². The van der Waals surface area contributed by atoms with Crippen LogP contribution in [0.3, 0.4) is 0 Å². The van der Waals surface area contributed by atoms with Crippen molar-refractivity contribution in [1.82, 2.24) is 19.7 Å². The van der Waals surface area contributed by atoms with Gasteiger partial charge in [0.05, 0.1) is 5.52 Å². The van der Waals surface area contributed by atoms with Crippen LogP contribution in [0.5, 0.6) is 0 Å². The first kappa shape index (κ1) is 18.1. The van der Waals surface area contributed by atoms with E-state index in [-0.39, 0.29) is 5.92 Å². The predicted molar refractivity (Wildman–Crippen MR) is 120 cm³/mol. The molecule has 5 nitrogen and oxygen atoms in total. The largest absolute Gasteiger partial charge is 0.368 e. The van der Waals surface area contributed by atoms with Gasteiger partial charge in [0.2, 0.25) is 0 Å². The third-order valence-corrected chi connectivity index (χ3v) is 5.18. The summed E-state index contributed by atoms with van der Waals surface area (Å²) in [7, 11) is 0. The third-order valence-electron chi connectivity index (χ3n) is 5.18. The van der Waals surface area contributed by atoms with E-state index in [4.69, 9.17) is 4.98 Å². The van der Waals surface area contributed by atoms with Gasteiger partial charge in [-0.1, -0.05) is 72.8 Å². The molecule has 0 spiro atoms. The van der Waals surface area contributed by atoms with Crippen molar-refractivity contribution in [2.24, 2.45) is 0 Å². The minimum absolute atomic E-state index is 0.203. The van der Waals surface area contributed by atoms with Crippen molar-refractivity contribution in [3.8, 4) is 5.95 Å². The molecule has 5 rings (SSSR count). The van der Waals surface area contributed by atoms with Crippen LogP contribution in [0.1, 0.15) is 17.0 Å². The Balaban J connectivity index is 1.53. The number of hydrogen-bond acceptors (Lipinski definition) is 4. The SMILES string of the molecule is c1ccc(C(CNc2nc(-n3cccn3)nc3ccccc23)c2ccccc2)cc1. The summed E-state index contributed by atoms with van der Waals surface area (Å²) in [6, 6.07) is 31.0. The van der Waals surface area contributed by atoms with E-state index in [1.807, 2.05) is 48.7 Å². The van der Waals surface area contributed by atoms with Crippen molar-refractivity contribution in [3.05, 3.63) is 115 Å². The number of hydrogen-bond donors (Lipinski definition) is 1. The number of para-hydroxylation sites is 1. The molecular formula is C25H21N5. The molecule has 0 aliphatic rings. The first-order valence-electron chi connectivity index (χ1n) is 9.99. The van der Waals surface area contributed by atoms with Crippen molar-refractivity contribution in [3.63, 3.8) is 0 Å². The summed E-state index contributed by atoms with van der Waals surface area (Å²) in [5.74, 6) is 1.56. The summed E-state index contributed by atoms with van der Waals surface area (Å²) in [6.45, 7) is 0.716. The molecule has 2 heterocycles. The monoisotopic (exact) mass is 391 g/mol. The van der Waals surface area contributed by atoms with E-state index in [0.717, 1.165) is 16.7 Å². The lowest BCUT2D eigenvalue weighted by Crippen LogP contribution is -2.16. The van der Waals surface area contributed by atoms with Crippen LogP contribution in [0.2, 0.25) is 0 Å². The molecule has 3 aromatic carbocycles. The van der Waals surface area contributed by atoms with Crippen molar-refractivity contribution >= 4 is 16.7 Å². The van der Waals surface area contributed by atoms with Crippen LogP contribution in [0.4, 0.5) is 5.82 Å². The summed E-state index contributed by atoms with van der Waals surface area (Å²) in [6.07, 6.45) is 3.58. The van der Waals surface area contributed by atoms with Crippen molar-refractivity contribution < 1.29 is 0 Å². The molecular weight excluding hydrogens is 370 g/mol. The van der Waals surface area contributed by atoms with Crippen LogP contribution in [-0.4, -0.2) is 26.3 Å². The number of nitrogens with zero attached hydrogens (tertiary/aromatic N) is 4. The van der Waals surface area contributed by atoms with Gasteiger partial charge in [0.15, 0.2) is 0 Å². The Morgan fingerprint density at radius 3 is 2.07 bits per heavy atom. The Bertz CT molecular complexity index is 1200. The number of anilines is 1. The summed E-state index contributed by atoms with van der Waals surface area (Å²) in [4.78, 5) is 9.45. The van der Waals surface area contributed by atoms with Gasteiger partial charge in [-0.25, -0.2) is 9.67 Å². The minimum atomic E-state index is 0.203. The highest BCUT2D eigenvalue weighted by Gasteiger charge is 2.16. The highest BCUT2D eigenvalue weighted by atomic mass is 15.3. The molecule has 0 bridgehead atoms. The molecule has 2 aromatic heterocycles. The first-order chi connectivity index (χ1) is 14.9. The number of rotatable bonds is 6. The Morgan fingerprint density at radius 1 is 0.733 bits per heavy atom. The summed E-state index contributed by atoms with van der Waals surface area (Å²) >= 11 is 0. The minimum Gasteiger partial charge on any atom is -0.368 e. The quantitative estimate of drug-likeness (QED) is 0.440. The maximum atomic E-state index is 4.78. The molecule has 0 radical (unpaired) electrons. The Hall–Kier alpha value is -3.99. The van der Waals surface area contributed by atoms with Gasteiger partial charge in [0.25, 0.3) is 5.95 Å². The molecule has 0 saturated heterocycles. The van der Waals surface area contributed by atoms with Gasteiger partial charge in [-0.2, -0.15) is 10.1 Å². The van der Waals surface area contributed by atoms with Gasteiger partial charge in [-0.05, 0) is 29.3 Å². The van der Waals surface area contributed by atoms with Crippen LogP contribution in [0.25, 0.3) is 16.9 Å². The zero-order valence-electron chi connectivity index (χ0n) is 16.4. The molecule has 0 unspecified atom stereocenters. The first-order valence-corrected chi connectivity index (χ1v) is 9.99. The lowest BCUT2D eigenvalue weighted by Gasteiger charge is -2.20. The van der Waals surface area contributed by atoms with E-state index < -0.39 is 0 Å². The molecule has 30 heavy (non-hydrogen) atoms. The molecule has 0 atom stereocenters. The average Bonchev–Trinajstić information content (AvgIpc) is 3.36. The Labute approximate surface area is 175 Å². The van der Waals surface area contributed by atoms with Crippen LogP contribution < -0.4 is 5.32 Å². The molecule has 1 N–H and O–H groups in total. The van der Waals surface area contributed by atoms with E-state index in [9.17, 15) is 0 Å². The van der Waals surface area contributed by atoms with E-state index in [1.165, 1.54) is 11.1 Å². The lowest BCUT2D eigenvalue weighted by atomic mass is 9.91. The number of benzene rings is 3. The van der Waals surface area contributed by atoms with E-state index in [0.29, 0.717) is 12.5 Å². The van der Waals surface area contributed by atoms with Gasteiger partial charge in [-0.3, -0.25) is 0 Å². The maximum Gasteiger partial charge on any atom is 0.253 e. The van der Waals surface area contributed by atoms with Crippen LogP contribution in [0.15, 0.2) is 103 Å². The third kappa shape index (κ3) is 3.65. The van der Waals surface area contributed by atoms with E-state index >= 15 is 0 Å². The second-order valence-corrected chi connectivity index (χ2v) is 7.09. The van der Waals surface area contributed by atoms with Crippen molar-refractivity contribution in [1.29, 1.82) is 0 Å². The molecule has 5 heteroatoms. The second kappa shape index (κ2) is 8.17. The van der Waals surface area contributed by atoms with Gasteiger partial charge in [0, 0.05) is 30.2 Å².